The first kappa shape index (κ1) is 11.5. The number of amides is 1. The summed E-state index contributed by atoms with van der Waals surface area (Å²) in [6, 6.07) is 7.51. The van der Waals surface area contributed by atoms with E-state index in [-0.39, 0.29) is 11.8 Å². The fourth-order valence-corrected chi connectivity index (χ4v) is 2.19. The van der Waals surface area contributed by atoms with Crippen molar-refractivity contribution in [2.75, 3.05) is 7.05 Å². The van der Waals surface area contributed by atoms with Crippen LogP contribution in [0.4, 0.5) is 0 Å². The average molecular weight is 232 g/mol. The number of carbonyl (C=O) groups is 1. The van der Waals surface area contributed by atoms with Gasteiger partial charge >= 0.3 is 0 Å². The van der Waals surface area contributed by atoms with Gasteiger partial charge in [-0.25, -0.2) is 0 Å². The second kappa shape index (κ2) is 4.49. The Balaban J connectivity index is 2.58. The predicted octanol–water partition coefficient (Wildman–Crippen LogP) is 2.12. The van der Waals surface area contributed by atoms with E-state index in [1.54, 1.807) is 13.2 Å². The highest BCUT2D eigenvalue weighted by Gasteiger charge is 2.21. The minimum Gasteiger partial charge on any atom is -0.428 e. The monoisotopic (exact) mass is 232 g/mol. The molecule has 1 aromatic carbocycles. The molecule has 1 atom stereocenters. The Morgan fingerprint density at radius 2 is 2.18 bits per heavy atom. The summed E-state index contributed by atoms with van der Waals surface area (Å²) in [4.78, 5) is 11.8. The molecule has 0 aliphatic rings. The lowest BCUT2D eigenvalue weighted by atomic mass is 9.95. The average Bonchev–Trinajstić information content (AvgIpc) is 2.68. The number of carbonyl (C=O) groups excluding carboxylic acids is 1. The highest BCUT2D eigenvalue weighted by Crippen LogP contribution is 2.29. The van der Waals surface area contributed by atoms with Crippen molar-refractivity contribution in [3.63, 3.8) is 0 Å². The van der Waals surface area contributed by atoms with Crippen molar-refractivity contribution in [2.45, 2.75) is 19.3 Å². The minimum absolute atomic E-state index is 0.0242. The van der Waals surface area contributed by atoms with E-state index >= 15 is 0 Å². The molecule has 2 N–H and O–H groups in total. The summed E-state index contributed by atoms with van der Waals surface area (Å²) in [5.74, 6) is -0.248. The topological polar surface area (TPSA) is 54.3 Å². The largest absolute Gasteiger partial charge is 0.428 e. The molecule has 90 valence electrons. The van der Waals surface area contributed by atoms with E-state index in [0.717, 1.165) is 21.2 Å². The molecule has 4 heteroatoms. The smallest absolute Gasteiger partial charge is 0.227 e. The van der Waals surface area contributed by atoms with Crippen molar-refractivity contribution in [1.82, 2.24) is 10.0 Å². The van der Waals surface area contributed by atoms with Gasteiger partial charge in [-0.3, -0.25) is 4.79 Å². The van der Waals surface area contributed by atoms with Crippen molar-refractivity contribution in [3.8, 4) is 0 Å². The van der Waals surface area contributed by atoms with Gasteiger partial charge in [-0.05, 0) is 18.1 Å². The van der Waals surface area contributed by atoms with Crippen LogP contribution in [0.3, 0.4) is 0 Å². The quantitative estimate of drug-likeness (QED) is 0.796. The van der Waals surface area contributed by atoms with Gasteiger partial charge in [-0.2, -0.15) is 4.73 Å². The molecule has 1 aromatic heterocycles. The van der Waals surface area contributed by atoms with Crippen molar-refractivity contribution in [3.05, 3.63) is 36.0 Å². The van der Waals surface area contributed by atoms with Gasteiger partial charge in [-0.1, -0.05) is 25.1 Å². The highest BCUT2D eigenvalue weighted by atomic mass is 16.5. The lowest BCUT2D eigenvalue weighted by Crippen LogP contribution is -2.25. The van der Waals surface area contributed by atoms with Crippen molar-refractivity contribution in [2.24, 2.45) is 0 Å². The van der Waals surface area contributed by atoms with Gasteiger partial charge in [0.25, 0.3) is 0 Å². The maximum atomic E-state index is 11.8. The van der Waals surface area contributed by atoms with Crippen LogP contribution < -0.4 is 5.32 Å². The van der Waals surface area contributed by atoms with Crippen LogP contribution >= 0.6 is 0 Å². The lowest BCUT2D eigenvalue weighted by Gasteiger charge is -2.11. The Kier molecular flexibility index (Phi) is 3.04. The molecule has 1 amide bonds. The fourth-order valence-electron chi connectivity index (χ4n) is 2.19. The van der Waals surface area contributed by atoms with Crippen LogP contribution in [0, 0.1) is 0 Å². The maximum Gasteiger partial charge on any atom is 0.227 e. The Bertz CT molecular complexity index is 545. The summed E-state index contributed by atoms with van der Waals surface area (Å²) >= 11 is 0. The van der Waals surface area contributed by atoms with Gasteiger partial charge in [0.2, 0.25) is 5.91 Å². The van der Waals surface area contributed by atoms with Crippen LogP contribution in [0.5, 0.6) is 0 Å². The molecular formula is C13H16N2O2. The normalized spacial score (nSPS) is 12.6. The van der Waals surface area contributed by atoms with Gasteiger partial charge in [0.1, 0.15) is 0 Å². The number of hydrogen-bond donors (Lipinski definition) is 2. The number of rotatable bonds is 3. The first-order valence-electron chi connectivity index (χ1n) is 5.69. The van der Waals surface area contributed by atoms with Gasteiger partial charge < -0.3 is 10.5 Å². The van der Waals surface area contributed by atoms with Crippen LogP contribution in [0.25, 0.3) is 10.9 Å². The molecule has 4 nitrogen and oxygen atoms in total. The number of fused-ring (bicyclic) bond motifs is 1. The summed E-state index contributed by atoms with van der Waals surface area (Å²) in [6.07, 6.45) is 2.32. The zero-order valence-electron chi connectivity index (χ0n) is 9.97. The van der Waals surface area contributed by atoms with E-state index in [0.29, 0.717) is 6.42 Å². The number of nitrogens with one attached hydrogen (secondary N) is 1. The van der Waals surface area contributed by atoms with E-state index in [1.165, 1.54) is 0 Å². The van der Waals surface area contributed by atoms with Gasteiger partial charge in [0.05, 0.1) is 11.4 Å². The molecule has 0 saturated heterocycles. The van der Waals surface area contributed by atoms with Gasteiger partial charge in [-0.15, -0.1) is 0 Å². The summed E-state index contributed by atoms with van der Waals surface area (Å²) < 4.78 is 1.08. The first-order chi connectivity index (χ1) is 8.19. The van der Waals surface area contributed by atoms with E-state index in [2.05, 4.69) is 5.32 Å². The zero-order chi connectivity index (χ0) is 12.4. The summed E-state index contributed by atoms with van der Waals surface area (Å²) in [5.41, 5.74) is 1.59. The second-order valence-corrected chi connectivity index (χ2v) is 4.02. The summed E-state index contributed by atoms with van der Waals surface area (Å²) in [6.45, 7) is 1.96. The molecule has 0 aliphatic carbocycles. The van der Waals surface area contributed by atoms with Crippen molar-refractivity contribution in [1.29, 1.82) is 0 Å². The molecule has 0 fully saturated rings. The molecule has 0 spiro atoms. The molecule has 2 rings (SSSR count). The van der Waals surface area contributed by atoms with Crippen molar-refractivity contribution >= 4 is 16.8 Å². The predicted molar refractivity (Wildman–Crippen MR) is 66.2 cm³/mol. The Labute approximate surface area is 99.8 Å². The number of para-hydroxylation sites is 1. The van der Waals surface area contributed by atoms with E-state index < -0.39 is 0 Å². The van der Waals surface area contributed by atoms with E-state index in [9.17, 15) is 10.0 Å². The van der Waals surface area contributed by atoms with Crippen LogP contribution in [0.1, 0.15) is 24.8 Å². The highest BCUT2D eigenvalue weighted by molar-refractivity contribution is 5.92. The standard InChI is InChI=1S/C13H16N2O2/c1-3-9(13(16)14-2)11-8-15(17)12-7-5-4-6-10(11)12/h4-9,17H,3H2,1-2H3,(H,14,16). The van der Waals surface area contributed by atoms with E-state index in [4.69, 9.17) is 0 Å². The SMILES string of the molecule is CCC(C(=O)NC)c1cn(O)c2ccccc12. The molecule has 2 aromatic rings. The van der Waals surface area contributed by atoms with Crippen LogP contribution in [-0.2, 0) is 4.79 Å². The molecule has 0 bridgehead atoms. The van der Waals surface area contributed by atoms with Gasteiger partial charge in [0, 0.05) is 18.6 Å². The fraction of sp³-hybridized carbons (Fsp3) is 0.308. The molecule has 0 aliphatic heterocycles. The van der Waals surface area contributed by atoms with Crippen molar-refractivity contribution < 1.29 is 10.0 Å². The molecule has 17 heavy (non-hydrogen) atoms. The molecule has 0 saturated carbocycles. The number of benzene rings is 1. The Hall–Kier alpha value is -1.97. The molecule has 1 heterocycles. The second-order valence-electron chi connectivity index (χ2n) is 4.02. The Morgan fingerprint density at radius 1 is 1.47 bits per heavy atom. The third-order valence-electron chi connectivity index (χ3n) is 3.07. The summed E-state index contributed by atoms with van der Waals surface area (Å²) in [5, 5.41) is 13.4. The van der Waals surface area contributed by atoms with Crippen LogP contribution in [-0.4, -0.2) is 22.9 Å². The number of likely N-dealkylation sites (N-methyl/N-ethyl adjacent to an activating group) is 1. The zero-order valence-corrected chi connectivity index (χ0v) is 9.97. The Morgan fingerprint density at radius 3 is 2.82 bits per heavy atom. The third kappa shape index (κ3) is 1.86. The number of aromatic nitrogens is 1. The minimum atomic E-state index is -0.224. The lowest BCUT2D eigenvalue weighted by molar-refractivity contribution is -0.122. The maximum absolute atomic E-state index is 11.8. The number of nitrogens with zero attached hydrogens (tertiary/aromatic N) is 1. The molecule has 1 unspecified atom stereocenters. The van der Waals surface area contributed by atoms with Crippen LogP contribution in [0.2, 0.25) is 0 Å². The third-order valence-corrected chi connectivity index (χ3v) is 3.07. The first-order valence-corrected chi connectivity index (χ1v) is 5.69. The molecular weight excluding hydrogens is 216 g/mol. The van der Waals surface area contributed by atoms with Crippen LogP contribution in [0.15, 0.2) is 30.5 Å². The van der Waals surface area contributed by atoms with E-state index in [1.807, 2.05) is 31.2 Å². The molecule has 0 radical (unpaired) electrons. The summed E-state index contributed by atoms with van der Waals surface area (Å²) in [7, 11) is 1.63. The number of hydrogen-bond acceptors (Lipinski definition) is 2. The van der Waals surface area contributed by atoms with Gasteiger partial charge in [0.15, 0.2) is 0 Å².